The summed E-state index contributed by atoms with van der Waals surface area (Å²) in [6.07, 6.45) is 6.23. The predicted molar refractivity (Wildman–Crippen MR) is 128 cm³/mol. The Kier molecular flexibility index (Phi) is 6.28. The van der Waals surface area contributed by atoms with Crippen LogP contribution < -0.4 is 0 Å². The average molecular weight is 447 g/mol. The van der Waals surface area contributed by atoms with Gasteiger partial charge in [0.15, 0.2) is 0 Å². The van der Waals surface area contributed by atoms with Crippen molar-refractivity contribution in [3.8, 4) is 0 Å². The topological polar surface area (TPSA) is 80.9 Å². The number of allylic oxidation sites excluding steroid dienone is 3. The lowest BCUT2D eigenvalue weighted by molar-refractivity contribution is -0.248. The van der Waals surface area contributed by atoms with Gasteiger partial charge in [-0.25, -0.2) is 0 Å². The molecule has 3 saturated carbocycles. The fourth-order valence-electron chi connectivity index (χ4n) is 8.26. The van der Waals surface area contributed by atoms with Crippen LogP contribution in [0.2, 0.25) is 0 Å². The molecule has 0 aliphatic heterocycles. The van der Waals surface area contributed by atoms with Gasteiger partial charge in [0, 0.05) is 11.8 Å². The second-order valence-electron chi connectivity index (χ2n) is 12.6. The molecule has 0 unspecified atom stereocenters. The monoisotopic (exact) mass is 446 g/mol. The van der Waals surface area contributed by atoms with Gasteiger partial charge in [0.25, 0.3) is 0 Å². The number of aliphatic hydroxyl groups excluding tert-OH is 3. The van der Waals surface area contributed by atoms with E-state index in [1.54, 1.807) is 0 Å². The molecule has 3 fully saturated rings. The van der Waals surface area contributed by atoms with Crippen LogP contribution >= 0.6 is 0 Å². The van der Waals surface area contributed by atoms with Gasteiger partial charge in [-0.2, -0.15) is 0 Å². The fraction of sp³-hybridized carbons (Fsp3) is 0.857. The van der Waals surface area contributed by atoms with Gasteiger partial charge in [-0.05, 0) is 86.5 Å². The zero-order chi connectivity index (χ0) is 23.6. The fourth-order valence-corrected chi connectivity index (χ4v) is 8.26. The van der Waals surface area contributed by atoms with Crippen LogP contribution in [0, 0.1) is 34.5 Å². The van der Waals surface area contributed by atoms with E-state index in [2.05, 4.69) is 47.6 Å². The van der Waals surface area contributed by atoms with E-state index in [4.69, 9.17) is 0 Å². The average Bonchev–Trinajstić information content (AvgIpc) is 3.08. The van der Waals surface area contributed by atoms with Gasteiger partial charge in [-0.3, -0.25) is 0 Å². The van der Waals surface area contributed by atoms with E-state index < -0.39 is 29.3 Å². The summed E-state index contributed by atoms with van der Waals surface area (Å²) in [7, 11) is 0. The third-order valence-corrected chi connectivity index (χ3v) is 10.5. The number of rotatable bonds is 4. The molecule has 0 heterocycles. The minimum Gasteiger partial charge on any atom is -0.393 e. The molecule has 32 heavy (non-hydrogen) atoms. The van der Waals surface area contributed by atoms with Crippen molar-refractivity contribution in [2.24, 2.45) is 34.5 Å². The zero-order valence-corrected chi connectivity index (χ0v) is 21.1. The lowest BCUT2D eigenvalue weighted by Crippen LogP contribution is -2.70. The van der Waals surface area contributed by atoms with Gasteiger partial charge in [-0.1, -0.05) is 51.8 Å². The van der Waals surface area contributed by atoms with E-state index in [-0.39, 0.29) is 17.8 Å². The molecule has 0 spiro atoms. The second kappa shape index (κ2) is 8.22. The van der Waals surface area contributed by atoms with Crippen molar-refractivity contribution in [3.63, 3.8) is 0 Å². The van der Waals surface area contributed by atoms with E-state index in [1.165, 1.54) is 11.1 Å². The third-order valence-electron chi connectivity index (χ3n) is 10.5. The summed E-state index contributed by atoms with van der Waals surface area (Å²) in [4.78, 5) is 0. The molecule has 0 amide bonds. The highest BCUT2D eigenvalue weighted by Gasteiger charge is 2.67. The largest absolute Gasteiger partial charge is 0.393 e. The Morgan fingerprint density at radius 1 is 1.06 bits per heavy atom. The van der Waals surface area contributed by atoms with Crippen LogP contribution in [0.5, 0.6) is 0 Å². The Morgan fingerprint density at radius 2 is 1.75 bits per heavy atom. The van der Waals surface area contributed by atoms with Crippen molar-refractivity contribution in [2.75, 3.05) is 0 Å². The lowest BCUT2D eigenvalue weighted by Gasteiger charge is -2.63. The number of hydrogen-bond acceptors (Lipinski definition) is 4. The first-order valence-electron chi connectivity index (χ1n) is 13.0. The summed E-state index contributed by atoms with van der Waals surface area (Å²) in [5.41, 5.74) is 1.97. The standard InChI is InChI=1S/C28H46O4/c1-16(2)7-8-17(3)18(4)20-9-10-21-23-22(12-13-26(20,21)5)27(6)14-11-19(29)15-28(27,32)25(31)24(23)30/h8,16,18-20,22,24-25,29-32H,7,9-15H2,1-6H3/b17-8+/t18-,19+,20-,22+,24+,25-,26-,27-,28+/m1/s1. The van der Waals surface area contributed by atoms with E-state index in [9.17, 15) is 20.4 Å². The van der Waals surface area contributed by atoms with Crippen LogP contribution in [-0.2, 0) is 0 Å². The quantitative estimate of drug-likeness (QED) is 0.470. The molecule has 0 aromatic carbocycles. The molecule has 0 bridgehead atoms. The summed E-state index contributed by atoms with van der Waals surface area (Å²) in [6, 6.07) is 0. The first kappa shape index (κ1) is 24.4. The molecule has 9 atom stereocenters. The lowest BCUT2D eigenvalue weighted by atomic mass is 9.45. The van der Waals surface area contributed by atoms with Crippen LogP contribution in [0.25, 0.3) is 0 Å². The molecule has 0 radical (unpaired) electrons. The molecule has 0 saturated heterocycles. The SMILES string of the molecule is C/C(=C\CC(C)C)[C@@H](C)[C@H]1CCC2=C3[C@H](O)[C@@H](O)[C@@]4(O)C[C@@H](O)CC[C@]4(C)[C@H]3CC[C@@]21C. The molecule has 4 rings (SSSR count). The maximum absolute atomic E-state index is 11.6. The van der Waals surface area contributed by atoms with E-state index in [0.29, 0.717) is 30.6 Å². The highest BCUT2D eigenvalue weighted by atomic mass is 16.4. The van der Waals surface area contributed by atoms with E-state index in [1.807, 2.05) is 0 Å². The van der Waals surface area contributed by atoms with Gasteiger partial charge in [-0.15, -0.1) is 0 Å². The van der Waals surface area contributed by atoms with Crippen LogP contribution in [0.3, 0.4) is 0 Å². The minimum absolute atomic E-state index is 0.0406. The predicted octanol–water partition coefficient (Wildman–Crippen LogP) is 4.76. The normalized spacial score (nSPS) is 47.8. The highest BCUT2D eigenvalue weighted by molar-refractivity contribution is 5.40. The summed E-state index contributed by atoms with van der Waals surface area (Å²) in [6.45, 7) is 13.7. The zero-order valence-electron chi connectivity index (χ0n) is 21.1. The first-order valence-corrected chi connectivity index (χ1v) is 13.0. The molecular weight excluding hydrogens is 400 g/mol. The van der Waals surface area contributed by atoms with E-state index in [0.717, 1.165) is 37.7 Å². The Balaban J connectivity index is 1.72. The second-order valence-corrected chi connectivity index (χ2v) is 12.6. The van der Waals surface area contributed by atoms with Crippen molar-refractivity contribution in [2.45, 2.75) is 117 Å². The number of aliphatic hydroxyl groups is 4. The van der Waals surface area contributed by atoms with Crippen molar-refractivity contribution >= 4 is 0 Å². The summed E-state index contributed by atoms with van der Waals surface area (Å²) >= 11 is 0. The van der Waals surface area contributed by atoms with Gasteiger partial charge >= 0.3 is 0 Å². The maximum Gasteiger partial charge on any atom is 0.113 e. The Morgan fingerprint density at radius 3 is 2.41 bits per heavy atom. The van der Waals surface area contributed by atoms with Gasteiger partial charge in [0.1, 0.15) is 17.8 Å². The van der Waals surface area contributed by atoms with Crippen molar-refractivity contribution < 1.29 is 20.4 Å². The van der Waals surface area contributed by atoms with Crippen molar-refractivity contribution in [3.05, 3.63) is 22.8 Å². The van der Waals surface area contributed by atoms with Crippen LogP contribution in [0.15, 0.2) is 22.8 Å². The molecule has 4 N–H and O–H groups in total. The van der Waals surface area contributed by atoms with Gasteiger partial charge < -0.3 is 20.4 Å². The molecule has 4 aliphatic rings. The Labute approximate surface area is 194 Å². The molecule has 0 aromatic heterocycles. The molecule has 0 aromatic rings. The summed E-state index contributed by atoms with van der Waals surface area (Å²) in [5.74, 6) is 1.78. The first-order chi connectivity index (χ1) is 14.9. The Bertz CT molecular complexity index is 799. The number of fused-ring (bicyclic) bond motifs is 4. The molecule has 4 aliphatic carbocycles. The van der Waals surface area contributed by atoms with Crippen LogP contribution in [-0.4, -0.2) is 44.3 Å². The third kappa shape index (κ3) is 3.39. The van der Waals surface area contributed by atoms with Crippen molar-refractivity contribution in [1.82, 2.24) is 0 Å². The highest BCUT2D eigenvalue weighted by Crippen LogP contribution is 2.66. The van der Waals surface area contributed by atoms with Gasteiger partial charge in [0.05, 0.1) is 6.10 Å². The minimum atomic E-state index is -1.44. The molecule has 4 heteroatoms. The van der Waals surface area contributed by atoms with Gasteiger partial charge in [0.2, 0.25) is 0 Å². The molecule has 4 nitrogen and oxygen atoms in total. The van der Waals surface area contributed by atoms with Crippen LogP contribution in [0.1, 0.15) is 92.9 Å². The Hall–Kier alpha value is -0.680. The maximum atomic E-state index is 11.6. The molecular formula is C28H46O4. The molecule has 182 valence electrons. The van der Waals surface area contributed by atoms with Crippen LogP contribution in [0.4, 0.5) is 0 Å². The number of hydrogen-bond donors (Lipinski definition) is 4. The van der Waals surface area contributed by atoms with Crippen molar-refractivity contribution in [1.29, 1.82) is 0 Å². The smallest absolute Gasteiger partial charge is 0.113 e. The van der Waals surface area contributed by atoms with E-state index >= 15 is 0 Å². The summed E-state index contributed by atoms with van der Waals surface area (Å²) < 4.78 is 0. The summed E-state index contributed by atoms with van der Waals surface area (Å²) in [5, 5.41) is 44.4.